The van der Waals surface area contributed by atoms with Crippen molar-refractivity contribution in [1.82, 2.24) is 0 Å². The highest BCUT2D eigenvalue weighted by atomic mass is 16.3. The summed E-state index contributed by atoms with van der Waals surface area (Å²) in [6.07, 6.45) is 9.18. The van der Waals surface area contributed by atoms with E-state index in [2.05, 4.69) is 13.8 Å². The van der Waals surface area contributed by atoms with Crippen molar-refractivity contribution < 1.29 is 4.42 Å². The van der Waals surface area contributed by atoms with Gasteiger partial charge in [0.25, 0.3) is 0 Å². The molecule has 2 nitrogen and oxygen atoms in total. The molecule has 1 atom stereocenters. The fourth-order valence-electron chi connectivity index (χ4n) is 3.48. The van der Waals surface area contributed by atoms with E-state index in [1.54, 1.807) is 6.26 Å². The third-order valence-corrected chi connectivity index (χ3v) is 4.20. The van der Waals surface area contributed by atoms with Gasteiger partial charge in [-0.1, -0.05) is 26.7 Å². The SMILES string of the molecule is CC(C)CC1(C(N)Cc2ccco2)CCCC1. The maximum atomic E-state index is 6.49. The molecule has 0 amide bonds. The van der Waals surface area contributed by atoms with Crippen molar-refractivity contribution in [2.24, 2.45) is 17.1 Å². The molecule has 1 heterocycles. The Morgan fingerprint density at radius 2 is 2.06 bits per heavy atom. The topological polar surface area (TPSA) is 39.2 Å². The average molecular weight is 235 g/mol. The molecule has 17 heavy (non-hydrogen) atoms. The van der Waals surface area contributed by atoms with Gasteiger partial charge in [0.05, 0.1) is 6.26 Å². The number of nitrogens with two attached hydrogens (primary N) is 1. The van der Waals surface area contributed by atoms with Crippen LogP contribution in [0.15, 0.2) is 22.8 Å². The first-order chi connectivity index (χ1) is 8.12. The van der Waals surface area contributed by atoms with Crippen molar-refractivity contribution >= 4 is 0 Å². The first-order valence-corrected chi connectivity index (χ1v) is 6.90. The Kier molecular flexibility index (Phi) is 3.93. The summed E-state index contributed by atoms with van der Waals surface area (Å²) in [5, 5.41) is 0. The molecule has 2 N–H and O–H groups in total. The Balaban J connectivity index is 2.05. The van der Waals surface area contributed by atoms with Crippen LogP contribution in [0.2, 0.25) is 0 Å². The lowest BCUT2D eigenvalue weighted by Gasteiger charge is -2.36. The summed E-state index contributed by atoms with van der Waals surface area (Å²) in [6, 6.07) is 4.24. The van der Waals surface area contributed by atoms with Crippen LogP contribution in [0.5, 0.6) is 0 Å². The summed E-state index contributed by atoms with van der Waals surface area (Å²) >= 11 is 0. The smallest absolute Gasteiger partial charge is 0.105 e. The molecule has 0 aliphatic heterocycles. The highest BCUT2D eigenvalue weighted by molar-refractivity contribution is 5.04. The van der Waals surface area contributed by atoms with Crippen LogP contribution in [0.25, 0.3) is 0 Å². The minimum Gasteiger partial charge on any atom is -0.469 e. The van der Waals surface area contributed by atoms with Crippen molar-refractivity contribution in [3.63, 3.8) is 0 Å². The van der Waals surface area contributed by atoms with Crippen LogP contribution in [-0.2, 0) is 6.42 Å². The minimum atomic E-state index is 0.249. The zero-order valence-corrected chi connectivity index (χ0v) is 11.1. The van der Waals surface area contributed by atoms with Crippen LogP contribution in [0.1, 0.15) is 51.7 Å². The summed E-state index contributed by atoms with van der Waals surface area (Å²) < 4.78 is 5.43. The van der Waals surface area contributed by atoms with Crippen molar-refractivity contribution in [2.45, 2.75) is 58.4 Å². The Labute approximate surface area is 105 Å². The van der Waals surface area contributed by atoms with E-state index in [0.29, 0.717) is 5.41 Å². The maximum absolute atomic E-state index is 6.49. The van der Waals surface area contributed by atoms with E-state index in [0.717, 1.165) is 18.1 Å². The largest absolute Gasteiger partial charge is 0.469 e. The van der Waals surface area contributed by atoms with Gasteiger partial charge in [0.15, 0.2) is 0 Å². The standard InChI is InChI=1S/C15H25NO/c1-12(2)11-15(7-3-4-8-15)14(16)10-13-6-5-9-17-13/h5-6,9,12,14H,3-4,7-8,10-11,16H2,1-2H3. The zero-order chi connectivity index (χ0) is 12.3. The number of rotatable bonds is 5. The molecule has 1 aliphatic rings. The fourth-order valence-corrected chi connectivity index (χ4v) is 3.48. The van der Waals surface area contributed by atoms with E-state index in [4.69, 9.17) is 10.2 Å². The van der Waals surface area contributed by atoms with Gasteiger partial charge < -0.3 is 10.2 Å². The number of hydrogen-bond donors (Lipinski definition) is 1. The van der Waals surface area contributed by atoms with E-state index >= 15 is 0 Å². The molecule has 0 aromatic carbocycles. The van der Waals surface area contributed by atoms with Crippen molar-refractivity contribution in [3.05, 3.63) is 24.2 Å². The van der Waals surface area contributed by atoms with Crippen LogP contribution >= 0.6 is 0 Å². The maximum Gasteiger partial charge on any atom is 0.105 e. The average Bonchev–Trinajstić information content (AvgIpc) is 2.88. The third kappa shape index (κ3) is 2.92. The summed E-state index contributed by atoms with van der Waals surface area (Å²) in [7, 11) is 0. The highest BCUT2D eigenvalue weighted by Gasteiger charge is 2.39. The van der Waals surface area contributed by atoms with Gasteiger partial charge in [0.1, 0.15) is 5.76 Å². The Morgan fingerprint density at radius 3 is 2.59 bits per heavy atom. The summed E-state index contributed by atoms with van der Waals surface area (Å²) in [5.41, 5.74) is 6.86. The molecule has 1 unspecified atom stereocenters. The molecule has 1 saturated carbocycles. The zero-order valence-electron chi connectivity index (χ0n) is 11.1. The van der Waals surface area contributed by atoms with E-state index in [1.807, 2.05) is 12.1 Å². The quantitative estimate of drug-likeness (QED) is 0.844. The molecule has 1 fully saturated rings. The summed E-state index contributed by atoms with van der Waals surface area (Å²) in [6.45, 7) is 4.61. The Morgan fingerprint density at radius 1 is 1.35 bits per heavy atom. The molecular weight excluding hydrogens is 210 g/mol. The van der Waals surface area contributed by atoms with Gasteiger partial charge in [-0.3, -0.25) is 0 Å². The molecule has 1 aromatic rings. The fraction of sp³-hybridized carbons (Fsp3) is 0.733. The van der Waals surface area contributed by atoms with Crippen molar-refractivity contribution in [3.8, 4) is 0 Å². The number of hydrogen-bond acceptors (Lipinski definition) is 2. The third-order valence-electron chi connectivity index (χ3n) is 4.20. The van der Waals surface area contributed by atoms with E-state index in [-0.39, 0.29) is 6.04 Å². The molecule has 0 radical (unpaired) electrons. The van der Waals surface area contributed by atoms with Gasteiger partial charge in [-0.2, -0.15) is 0 Å². The molecule has 2 heteroatoms. The Hall–Kier alpha value is -0.760. The monoisotopic (exact) mass is 235 g/mol. The van der Waals surface area contributed by atoms with Gasteiger partial charge in [-0.05, 0) is 42.7 Å². The van der Waals surface area contributed by atoms with Gasteiger partial charge in [0.2, 0.25) is 0 Å². The molecule has 0 saturated heterocycles. The van der Waals surface area contributed by atoms with Crippen LogP contribution in [0, 0.1) is 11.3 Å². The predicted molar refractivity (Wildman–Crippen MR) is 70.7 cm³/mol. The second kappa shape index (κ2) is 5.26. The highest BCUT2D eigenvalue weighted by Crippen LogP contribution is 2.46. The Bertz CT molecular complexity index is 323. The molecular formula is C15H25NO. The van der Waals surface area contributed by atoms with Gasteiger partial charge in [-0.25, -0.2) is 0 Å². The van der Waals surface area contributed by atoms with Crippen molar-refractivity contribution in [2.75, 3.05) is 0 Å². The van der Waals surface area contributed by atoms with Crippen LogP contribution < -0.4 is 5.73 Å². The lowest BCUT2D eigenvalue weighted by molar-refractivity contribution is 0.177. The normalized spacial score (nSPS) is 20.9. The molecule has 96 valence electrons. The molecule has 0 bridgehead atoms. The molecule has 2 rings (SSSR count). The number of furan rings is 1. The lowest BCUT2D eigenvalue weighted by atomic mass is 9.71. The summed E-state index contributed by atoms with van der Waals surface area (Å²) in [5.74, 6) is 1.77. The second-order valence-electron chi connectivity index (χ2n) is 6.06. The predicted octanol–water partition coefficient (Wildman–Crippen LogP) is 3.76. The van der Waals surface area contributed by atoms with Crippen molar-refractivity contribution in [1.29, 1.82) is 0 Å². The second-order valence-corrected chi connectivity index (χ2v) is 6.06. The first-order valence-electron chi connectivity index (χ1n) is 6.90. The summed E-state index contributed by atoms with van der Waals surface area (Å²) in [4.78, 5) is 0. The molecule has 0 spiro atoms. The van der Waals surface area contributed by atoms with E-state index in [1.165, 1.54) is 32.1 Å². The molecule has 1 aliphatic carbocycles. The van der Waals surface area contributed by atoms with Crippen LogP contribution in [0.3, 0.4) is 0 Å². The van der Waals surface area contributed by atoms with Crippen LogP contribution in [0.4, 0.5) is 0 Å². The van der Waals surface area contributed by atoms with Gasteiger partial charge in [0, 0.05) is 12.5 Å². The van der Waals surface area contributed by atoms with Crippen LogP contribution in [-0.4, -0.2) is 6.04 Å². The lowest BCUT2D eigenvalue weighted by Crippen LogP contribution is -2.42. The van der Waals surface area contributed by atoms with Gasteiger partial charge in [-0.15, -0.1) is 0 Å². The van der Waals surface area contributed by atoms with E-state index in [9.17, 15) is 0 Å². The van der Waals surface area contributed by atoms with E-state index < -0.39 is 0 Å². The van der Waals surface area contributed by atoms with Gasteiger partial charge >= 0.3 is 0 Å². The minimum absolute atomic E-state index is 0.249. The first kappa shape index (κ1) is 12.7. The molecule has 1 aromatic heterocycles.